The summed E-state index contributed by atoms with van der Waals surface area (Å²) in [5.41, 5.74) is 3.20. The molecular formula is C25H25BrFN3O3S. The largest absolute Gasteiger partial charge is 0.362 e. The monoisotopic (exact) mass is 545 g/mol. The van der Waals surface area contributed by atoms with E-state index < -0.39 is 11.7 Å². The number of hydrogen-bond acceptors (Lipinski definition) is 5. The lowest BCUT2D eigenvalue weighted by Gasteiger charge is -2.31. The lowest BCUT2D eigenvalue weighted by Crippen LogP contribution is -2.40. The number of aryl methyl sites for hydroxylation is 1. The molecule has 0 atom stereocenters. The smallest absolute Gasteiger partial charge is 0.250 e. The van der Waals surface area contributed by atoms with Crippen molar-refractivity contribution in [3.63, 3.8) is 0 Å². The van der Waals surface area contributed by atoms with Crippen LogP contribution in [-0.2, 0) is 14.3 Å². The third-order valence-corrected chi connectivity index (χ3v) is 7.27. The average Bonchev–Trinajstić information content (AvgIpc) is 3.32. The summed E-state index contributed by atoms with van der Waals surface area (Å²) >= 11 is 5.16. The highest BCUT2D eigenvalue weighted by atomic mass is 79.9. The van der Waals surface area contributed by atoms with Gasteiger partial charge in [0.05, 0.1) is 10.7 Å². The van der Waals surface area contributed by atoms with Gasteiger partial charge in [0.1, 0.15) is 19.0 Å². The van der Waals surface area contributed by atoms with Crippen LogP contribution in [0.2, 0.25) is 0 Å². The molecule has 0 radical (unpaired) electrons. The SMILES string of the molecule is Cc1ccc(F)cc1NC(=O)COCC(=O)N1CCC(c2nc(-c3cccc(Br)c3)cs2)CC1. The van der Waals surface area contributed by atoms with Crippen molar-refractivity contribution in [2.45, 2.75) is 25.7 Å². The zero-order valence-electron chi connectivity index (χ0n) is 18.7. The highest BCUT2D eigenvalue weighted by Gasteiger charge is 2.26. The summed E-state index contributed by atoms with van der Waals surface area (Å²) < 4.78 is 19.7. The Morgan fingerprint density at radius 2 is 2.00 bits per heavy atom. The van der Waals surface area contributed by atoms with Crippen LogP contribution < -0.4 is 5.32 Å². The minimum atomic E-state index is -0.428. The van der Waals surface area contributed by atoms with Gasteiger partial charge in [-0.15, -0.1) is 11.3 Å². The van der Waals surface area contributed by atoms with E-state index in [4.69, 9.17) is 9.72 Å². The maximum absolute atomic E-state index is 13.4. The molecule has 0 aliphatic carbocycles. The molecule has 1 aromatic heterocycles. The Balaban J connectivity index is 1.21. The van der Waals surface area contributed by atoms with E-state index in [2.05, 4.69) is 32.7 Å². The van der Waals surface area contributed by atoms with Gasteiger partial charge in [0.25, 0.3) is 0 Å². The van der Waals surface area contributed by atoms with Crippen LogP contribution in [0.5, 0.6) is 0 Å². The molecule has 4 rings (SSSR count). The van der Waals surface area contributed by atoms with Crippen molar-refractivity contribution >= 4 is 44.8 Å². The number of carbonyl (C=O) groups excluding carboxylic acids is 2. The first-order chi connectivity index (χ1) is 16.4. The first-order valence-corrected chi connectivity index (χ1v) is 12.7. The molecule has 1 N–H and O–H groups in total. The number of hydrogen-bond donors (Lipinski definition) is 1. The molecule has 6 nitrogen and oxygen atoms in total. The molecule has 34 heavy (non-hydrogen) atoms. The number of nitrogens with zero attached hydrogens (tertiary/aromatic N) is 2. The number of halogens is 2. The van der Waals surface area contributed by atoms with Gasteiger partial charge in [0, 0.05) is 40.1 Å². The summed E-state index contributed by atoms with van der Waals surface area (Å²) in [5.74, 6) is -0.661. The van der Waals surface area contributed by atoms with Crippen LogP contribution >= 0.6 is 27.3 Å². The first-order valence-electron chi connectivity index (χ1n) is 11.0. The lowest BCUT2D eigenvalue weighted by molar-refractivity contribution is -0.138. The lowest BCUT2D eigenvalue weighted by atomic mass is 9.97. The van der Waals surface area contributed by atoms with Gasteiger partial charge in [-0.1, -0.05) is 34.1 Å². The Bertz CT molecular complexity index is 1180. The standard InChI is InChI=1S/C25H25BrFN3O3S/c1-16-5-6-20(27)12-21(16)28-23(31)13-33-14-24(32)30-9-7-17(8-10-30)25-29-22(15-34-25)18-3-2-4-19(26)11-18/h2-6,11-12,15,17H,7-10,13-14H2,1H3,(H,28,31). The molecule has 1 fully saturated rings. The summed E-state index contributed by atoms with van der Waals surface area (Å²) in [6.45, 7) is 2.61. The van der Waals surface area contributed by atoms with Crippen molar-refractivity contribution in [2.24, 2.45) is 0 Å². The molecule has 1 saturated heterocycles. The molecule has 2 amide bonds. The van der Waals surface area contributed by atoms with E-state index in [1.54, 1.807) is 29.2 Å². The second-order valence-corrected chi connectivity index (χ2v) is 10.0. The molecule has 1 aliphatic heterocycles. The summed E-state index contributed by atoms with van der Waals surface area (Å²) in [6, 6.07) is 12.3. The number of carbonyl (C=O) groups is 2. The van der Waals surface area contributed by atoms with Gasteiger partial charge in [-0.3, -0.25) is 9.59 Å². The van der Waals surface area contributed by atoms with Crippen molar-refractivity contribution in [1.82, 2.24) is 9.88 Å². The van der Waals surface area contributed by atoms with E-state index in [1.807, 2.05) is 18.2 Å². The number of ether oxygens (including phenoxy) is 1. The zero-order valence-corrected chi connectivity index (χ0v) is 21.1. The second-order valence-electron chi connectivity index (χ2n) is 8.24. The molecule has 0 spiro atoms. The highest BCUT2D eigenvalue weighted by Crippen LogP contribution is 2.33. The molecular weight excluding hydrogens is 521 g/mol. The predicted octanol–water partition coefficient (Wildman–Crippen LogP) is 5.38. The molecule has 0 unspecified atom stereocenters. The average molecular weight is 546 g/mol. The number of amides is 2. The van der Waals surface area contributed by atoms with Crippen molar-refractivity contribution in [3.05, 3.63) is 68.7 Å². The number of aromatic nitrogens is 1. The molecule has 2 aromatic carbocycles. The minimum Gasteiger partial charge on any atom is -0.362 e. The number of nitrogens with one attached hydrogen (secondary N) is 1. The van der Waals surface area contributed by atoms with Gasteiger partial charge in [0.15, 0.2) is 0 Å². The quantitative estimate of drug-likeness (QED) is 0.432. The van der Waals surface area contributed by atoms with Gasteiger partial charge in [-0.2, -0.15) is 0 Å². The van der Waals surface area contributed by atoms with Gasteiger partial charge < -0.3 is 15.0 Å². The number of anilines is 1. The first kappa shape index (κ1) is 24.5. The minimum absolute atomic E-state index is 0.137. The van der Waals surface area contributed by atoms with Crippen LogP contribution in [0.15, 0.2) is 52.3 Å². The highest BCUT2D eigenvalue weighted by molar-refractivity contribution is 9.10. The summed E-state index contributed by atoms with van der Waals surface area (Å²) in [5, 5.41) is 5.79. The fraction of sp³-hybridized carbons (Fsp3) is 0.320. The Hall–Kier alpha value is -2.62. The van der Waals surface area contributed by atoms with E-state index in [0.717, 1.165) is 39.1 Å². The third-order valence-electron chi connectivity index (χ3n) is 5.77. The number of benzene rings is 2. The van der Waals surface area contributed by atoms with E-state index >= 15 is 0 Å². The maximum atomic E-state index is 13.4. The molecule has 178 valence electrons. The van der Waals surface area contributed by atoms with E-state index in [1.165, 1.54) is 12.1 Å². The topological polar surface area (TPSA) is 71.5 Å². The molecule has 9 heteroatoms. The van der Waals surface area contributed by atoms with Crippen LogP contribution in [0, 0.1) is 12.7 Å². The fourth-order valence-corrected chi connectivity index (χ4v) is 5.27. The molecule has 2 heterocycles. The van der Waals surface area contributed by atoms with Crippen LogP contribution in [0.1, 0.15) is 29.3 Å². The van der Waals surface area contributed by atoms with Gasteiger partial charge in [-0.05, 0) is 49.6 Å². The number of rotatable bonds is 7. The van der Waals surface area contributed by atoms with Crippen molar-refractivity contribution in [1.29, 1.82) is 0 Å². The molecule has 0 saturated carbocycles. The van der Waals surface area contributed by atoms with E-state index in [-0.39, 0.29) is 19.1 Å². The second kappa shape index (κ2) is 11.2. The maximum Gasteiger partial charge on any atom is 0.250 e. The number of likely N-dealkylation sites (tertiary alicyclic amines) is 1. The molecule has 0 bridgehead atoms. The third kappa shape index (κ3) is 6.28. The van der Waals surface area contributed by atoms with E-state index in [9.17, 15) is 14.0 Å². The Morgan fingerprint density at radius 1 is 1.21 bits per heavy atom. The van der Waals surface area contributed by atoms with Crippen LogP contribution in [0.25, 0.3) is 11.3 Å². The van der Waals surface area contributed by atoms with Crippen LogP contribution in [0.3, 0.4) is 0 Å². The number of thiazole rings is 1. The zero-order chi connectivity index (χ0) is 24.1. The summed E-state index contributed by atoms with van der Waals surface area (Å²) in [7, 11) is 0. The van der Waals surface area contributed by atoms with Crippen molar-refractivity contribution < 1.29 is 18.7 Å². The fourth-order valence-electron chi connectivity index (χ4n) is 3.87. The molecule has 1 aliphatic rings. The number of piperidine rings is 1. The van der Waals surface area contributed by atoms with Crippen molar-refractivity contribution in [3.8, 4) is 11.3 Å². The Kier molecular flexibility index (Phi) is 8.07. The van der Waals surface area contributed by atoms with Gasteiger partial charge in [-0.25, -0.2) is 9.37 Å². The normalized spacial score (nSPS) is 14.3. The van der Waals surface area contributed by atoms with Crippen LogP contribution in [-0.4, -0.2) is 48.0 Å². The van der Waals surface area contributed by atoms with Gasteiger partial charge in [0.2, 0.25) is 11.8 Å². The Labute approximate surface area is 210 Å². The van der Waals surface area contributed by atoms with E-state index in [0.29, 0.717) is 24.7 Å². The predicted molar refractivity (Wildman–Crippen MR) is 134 cm³/mol. The van der Waals surface area contributed by atoms with Gasteiger partial charge >= 0.3 is 0 Å². The van der Waals surface area contributed by atoms with Crippen LogP contribution in [0.4, 0.5) is 10.1 Å². The Morgan fingerprint density at radius 3 is 2.76 bits per heavy atom. The molecule has 3 aromatic rings. The summed E-state index contributed by atoms with van der Waals surface area (Å²) in [4.78, 5) is 31.2. The summed E-state index contributed by atoms with van der Waals surface area (Å²) in [6.07, 6.45) is 1.69. The van der Waals surface area contributed by atoms with Crippen molar-refractivity contribution in [2.75, 3.05) is 31.6 Å².